The standard InChI is InChI=1S/C12H20N2O3S2/c1-16-11(15)10-8-14(4-6-19-10)12(18)13-7-9-3-2-5-17-9/h9-10H,2-8H2,1H3,(H,13,18)/t9-,10-/m1/s1. The minimum absolute atomic E-state index is 0.138. The number of thiocarbonyl (C=S) groups is 1. The van der Waals surface area contributed by atoms with E-state index in [9.17, 15) is 4.79 Å². The van der Waals surface area contributed by atoms with Gasteiger partial charge in [0.1, 0.15) is 5.25 Å². The fourth-order valence-corrected chi connectivity index (χ4v) is 3.60. The fraction of sp³-hybridized carbons (Fsp3) is 0.833. The van der Waals surface area contributed by atoms with E-state index in [4.69, 9.17) is 21.7 Å². The largest absolute Gasteiger partial charge is 0.468 e. The van der Waals surface area contributed by atoms with Gasteiger partial charge >= 0.3 is 5.97 Å². The minimum Gasteiger partial charge on any atom is -0.468 e. The van der Waals surface area contributed by atoms with Crippen molar-refractivity contribution >= 4 is 35.1 Å². The zero-order valence-electron chi connectivity index (χ0n) is 11.1. The lowest BCUT2D eigenvalue weighted by Crippen LogP contribution is -2.50. The molecule has 0 bridgehead atoms. The maximum Gasteiger partial charge on any atom is 0.320 e. The lowest BCUT2D eigenvalue weighted by atomic mass is 10.2. The summed E-state index contributed by atoms with van der Waals surface area (Å²) in [7, 11) is 1.43. The summed E-state index contributed by atoms with van der Waals surface area (Å²) in [5.74, 6) is 0.721. The van der Waals surface area contributed by atoms with Crippen molar-refractivity contribution in [3.8, 4) is 0 Å². The van der Waals surface area contributed by atoms with Crippen molar-refractivity contribution in [2.45, 2.75) is 24.2 Å². The molecule has 2 saturated heterocycles. The van der Waals surface area contributed by atoms with Gasteiger partial charge in [0.2, 0.25) is 0 Å². The molecule has 5 nitrogen and oxygen atoms in total. The summed E-state index contributed by atoms with van der Waals surface area (Å²) in [5.41, 5.74) is 0. The van der Waals surface area contributed by atoms with Crippen molar-refractivity contribution in [3.63, 3.8) is 0 Å². The summed E-state index contributed by atoms with van der Waals surface area (Å²) >= 11 is 7.01. The van der Waals surface area contributed by atoms with E-state index in [1.807, 2.05) is 4.90 Å². The molecule has 0 unspecified atom stereocenters. The van der Waals surface area contributed by atoms with Gasteiger partial charge in [0.05, 0.1) is 13.2 Å². The zero-order valence-corrected chi connectivity index (χ0v) is 12.7. The van der Waals surface area contributed by atoms with E-state index in [1.165, 1.54) is 7.11 Å². The summed E-state index contributed by atoms with van der Waals surface area (Å²) in [5, 5.41) is 3.82. The van der Waals surface area contributed by atoms with Crippen molar-refractivity contribution < 1.29 is 14.3 Å². The zero-order chi connectivity index (χ0) is 13.7. The van der Waals surface area contributed by atoms with Crippen LogP contribution in [-0.2, 0) is 14.3 Å². The Morgan fingerprint density at radius 1 is 1.63 bits per heavy atom. The molecule has 2 aliphatic rings. The summed E-state index contributed by atoms with van der Waals surface area (Å²) < 4.78 is 10.3. The molecule has 1 N–H and O–H groups in total. The van der Waals surface area contributed by atoms with Crippen LogP contribution in [0.5, 0.6) is 0 Å². The second kappa shape index (κ2) is 7.31. The maximum atomic E-state index is 11.5. The van der Waals surface area contributed by atoms with Crippen LogP contribution in [0.2, 0.25) is 0 Å². The van der Waals surface area contributed by atoms with Gasteiger partial charge in [0.15, 0.2) is 5.11 Å². The highest BCUT2D eigenvalue weighted by atomic mass is 32.2. The van der Waals surface area contributed by atoms with E-state index < -0.39 is 0 Å². The van der Waals surface area contributed by atoms with Crippen molar-refractivity contribution in [2.24, 2.45) is 0 Å². The molecule has 2 rings (SSSR count). The van der Waals surface area contributed by atoms with Crippen LogP contribution in [-0.4, -0.2) is 66.4 Å². The number of nitrogens with zero attached hydrogens (tertiary/aromatic N) is 1. The molecule has 7 heteroatoms. The molecule has 0 aromatic carbocycles. The highest BCUT2D eigenvalue weighted by Crippen LogP contribution is 2.20. The van der Waals surface area contributed by atoms with E-state index in [0.29, 0.717) is 11.7 Å². The predicted molar refractivity (Wildman–Crippen MR) is 79.4 cm³/mol. The van der Waals surface area contributed by atoms with Gasteiger partial charge in [-0.25, -0.2) is 0 Å². The topological polar surface area (TPSA) is 50.8 Å². The molecule has 0 spiro atoms. The van der Waals surface area contributed by atoms with Crippen LogP contribution in [0.4, 0.5) is 0 Å². The number of hydrogen-bond acceptors (Lipinski definition) is 5. The first-order valence-corrected chi connectivity index (χ1v) is 8.00. The first kappa shape index (κ1) is 14.9. The Morgan fingerprint density at radius 2 is 2.47 bits per heavy atom. The van der Waals surface area contributed by atoms with Crippen LogP contribution < -0.4 is 5.32 Å². The number of carbonyl (C=O) groups is 1. The van der Waals surface area contributed by atoms with Gasteiger partial charge in [-0.3, -0.25) is 4.79 Å². The minimum atomic E-state index is -0.170. The molecule has 108 valence electrons. The third-order valence-corrected chi connectivity index (χ3v) is 4.89. The number of thioether (sulfide) groups is 1. The molecule has 0 amide bonds. The van der Waals surface area contributed by atoms with E-state index in [-0.39, 0.29) is 17.3 Å². The molecule has 0 saturated carbocycles. The van der Waals surface area contributed by atoms with E-state index >= 15 is 0 Å². The van der Waals surface area contributed by atoms with Gasteiger partial charge in [-0.05, 0) is 25.1 Å². The lowest BCUT2D eigenvalue weighted by Gasteiger charge is -2.33. The summed E-state index contributed by atoms with van der Waals surface area (Å²) in [6.07, 6.45) is 2.49. The van der Waals surface area contributed by atoms with Crippen LogP contribution in [0.1, 0.15) is 12.8 Å². The Hall–Kier alpha value is -0.530. The molecule has 2 atom stereocenters. The summed E-state index contributed by atoms with van der Waals surface area (Å²) in [6.45, 7) is 3.10. The number of carbonyl (C=O) groups excluding carboxylic acids is 1. The van der Waals surface area contributed by atoms with Crippen LogP contribution in [0, 0.1) is 0 Å². The Balaban J connectivity index is 1.76. The van der Waals surface area contributed by atoms with E-state index in [2.05, 4.69) is 5.32 Å². The van der Waals surface area contributed by atoms with Gasteiger partial charge in [-0.2, -0.15) is 0 Å². The van der Waals surface area contributed by atoms with Crippen LogP contribution in [0.15, 0.2) is 0 Å². The smallest absolute Gasteiger partial charge is 0.320 e. The molecule has 0 aromatic rings. The maximum absolute atomic E-state index is 11.5. The predicted octanol–water partition coefficient (Wildman–Crippen LogP) is 0.630. The van der Waals surface area contributed by atoms with Gasteiger partial charge in [0, 0.05) is 32.0 Å². The lowest BCUT2D eigenvalue weighted by molar-refractivity contribution is -0.140. The highest BCUT2D eigenvalue weighted by molar-refractivity contribution is 8.00. The molecule has 2 fully saturated rings. The third kappa shape index (κ3) is 4.22. The average molecular weight is 304 g/mol. The molecule has 2 heterocycles. The van der Waals surface area contributed by atoms with Crippen molar-refractivity contribution in [2.75, 3.05) is 39.1 Å². The van der Waals surface area contributed by atoms with Crippen molar-refractivity contribution in [3.05, 3.63) is 0 Å². The number of methoxy groups -OCH3 is 1. The van der Waals surface area contributed by atoms with Crippen molar-refractivity contribution in [1.82, 2.24) is 10.2 Å². The van der Waals surface area contributed by atoms with Crippen LogP contribution in [0.25, 0.3) is 0 Å². The summed E-state index contributed by atoms with van der Waals surface area (Å²) in [4.78, 5) is 13.6. The number of rotatable bonds is 3. The Morgan fingerprint density at radius 3 is 3.16 bits per heavy atom. The number of ether oxygens (including phenoxy) is 2. The molecular formula is C12H20N2O3S2. The normalized spacial score (nSPS) is 27.1. The van der Waals surface area contributed by atoms with Gasteiger partial charge in [-0.15, -0.1) is 11.8 Å². The number of hydrogen-bond donors (Lipinski definition) is 1. The third-order valence-electron chi connectivity index (χ3n) is 3.32. The van der Waals surface area contributed by atoms with Crippen LogP contribution in [0.3, 0.4) is 0 Å². The molecular weight excluding hydrogens is 284 g/mol. The molecule has 2 aliphatic heterocycles. The fourth-order valence-electron chi connectivity index (χ4n) is 2.23. The second-order valence-corrected chi connectivity index (χ2v) is 6.35. The molecule has 0 aliphatic carbocycles. The quantitative estimate of drug-likeness (QED) is 0.606. The van der Waals surface area contributed by atoms with Crippen molar-refractivity contribution in [1.29, 1.82) is 0 Å². The average Bonchev–Trinajstić information content (AvgIpc) is 2.97. The number of esters is 1. The monoisotopic (exact) mass is 304 g/mol. The Labute approximate surface area is 123 Å². The van der Waals surface area contributed by atoms with Gasteiger partial charge < -0.3 is 19.7 Å². The van der Waals surface area contributed by atoms with Gasteiger partial charge in [0.25, 0.3) is 0 Å². The van der Waals surface area contributed by atoms with E-state index in [0.717, 1.165) is 38.3 Å². The Kier molecular flexibility index (Phi) is 5.72. The first-order valence-electron chi connectivity index (χ1n) is 6.54. The SMILES string of the molecule is COC(=O)[C@H]1CN(C(=S)NC[C@H]2CCCO2)CCS1. The molecule has 0 radical (unpaired) electrons. The number of nitrogens with one attached hydrogen (secondary N) is 1. The van der Waals surface area contributed by atoms with Crippen LogP contribution >= 0.6 is 24.0 Å². The second-order valence-electron chi connectivity index (χ2n) is 4.65. The molecule has 19 heavy (non-hydrogen) atoms. The highest BCUT2D eigenvalue weighted by Gasteiger charge is 2.28. The Bertz CT molecular complexity index is 335. The molecule has 0 aromatic heterocycles. The van der Waals surface area contributed by atoms with Gasteiger partial charge in [-0.1, -0.05) is 0 Å². The first-order chi connectivity index (χ1) is 9.20. The summed E-state index contributed by atoms with van der Waals surface area (Å²) in [6, 6.07) is 0. The van der Waals surface area contributed by atoms with E-state index in [1.54, 1.807) is 11.8 Å².